The lowest BCUT2D eigenvalue weighted by molar-refractivity contribution is -0.148. The van der Waals surface area contributed by atoms with Gasteiger partial charge in [0.15, 0.2) is 0 Å². The summed E-state index contributed by atoms with van der Waals surface area (Å²) in [5.74, 6) is -1.68. The van der Waals surface area contributed by atoms with E-state index in [-0.39, 0.29) is 30.9 Å². The smallest absolute Gasteiger partial charge is 0.253 e. The molecule has 3 amide bonds. The molecule has 1 N–H and O–H groups in total. The number of anilines is 1. The standard InChI is InChI=1S/C33H37N3O6/c1-32-16-8-18-34(22-23-10-4-3-5-11-23)29(38)26(32)27-30(39)36(19-6-7-21-37)28-31(40)35(20-9-17-33(27,28)42-32)24-12-14-25(41-2)15-13-24/h3-5,8-17,26-28,37H,6-7,18-22H2,1-2H3/t26-,27-,28?,32+,33-/m0/s1. The summed E-state index contributed by atoms with van der Waals surface area (Å²) in [6.45, 7) is 3.24. The zero-order valence-corrected chi connectivity index (χ0v) is 24.0. The van der Waals surface area contributed by atoms with E-state index in [9.17, 15) is 19.5 Å². The van der Waals surface area contributed by atoms with Gasteiger partial charge >= 0.3 is 0 Å². The number of nitrogens with zero attached hydrogens (tertiary/aromatic N) is 3. The number of benzene rings is 2. The van der Waals surface area contributed by atoms with Crippen molar-refractivity contribution in [3.8, 4) is 5.75 Å². The highest BCUT2D eigenvalue weighted by atomic mass is 16.5. The molecule has 4 aliphatic rings. The Balaban J connectivity index is 1.40. The second-order valence-corrected chi connectivity index (χ2v) is 11.6. The zero-order valence-electron chi connectivity index (χ0n) is 24.0. The Morgan fingerprint density at radius 2 is 1.64 bits per heavy atom. The van der Waals surface area contributed by atoms with E-state index in [0.717, 1.165) is 5.56 Å². The molecular formula is C33H37N3O6. The van der Waals surface area contributed by atoms with Crippen molar-refractivity contribution < 1.29 is 29.0 Å². The number of carbonyl (C=O) groups excluding carboxylic acids is 3. The van der Waals surface area contributed by atoms with Crippen LogP contribution in [0, 0.1) is 11.8 Å². The number of aliphatic hydroxyl groups is 1. The highest BCUT2D eigenvalue weighted by Crippen LogP contribution is 2.57. The fourth-order valence-corrected chi connectivity index (χ4v) is 7.15. The van der Waals surface area contributed by atoms with E-state index in [2.05, 4.69) is 0 Å². The van der Waals surface area contributed by atoms with Crippen molar-refractivity contribution in [2.45, 2.75) is 43.6 Å². The highest BCUT2D eigenvalue weighted by molar-refractivity contribution is 6.06. The minimum atomic E-state index is -1.32. The zero-order chi connectivity index (χ0) is 29.5. The molecule has 0 radical (unpaired) electrons. The average Bonchev–Trinajstić information content (AvgIpc) is 3.26. The van der Waals surface area contributed by atoms with Gasteiger partial charge in [0, 0.05) is 38.5 Å². The molecule has 0 aliphatic carbocycles. The van der Waals surface area contributed by atoms with E-state index in [4.69, 9.17) is 9.47 Å². The summed E-state index contributed by atoms with van der Waals surface area (Å²) in [7, 11) is 1.59. The van der Waals surface area contributed by atoms with Gasteiger partial charge in [-0.2, -0.15) is 0 Å². The summed E-state index contributed by atoms with van der Waals surface area (Å²) in [5, 5.41) is 9.45. The molecule has 42 heavy (non-hydrogen) atoms. The van der Waals surface area contributed by atoms with Crippen molar-refractivity contribution >= 4 is 23.4 Å². The maximum absolute atomic E-state index is 14.5. The van der Waals surface area contributed by atoms with Gasteiger partial charge in [-0.05, 0) is 49.6 Å². The van der Waals surface area contributed by atoms with Crippen LogP contribution in [0.25, 0.3) is 0 Å². The first-order valence-corrected chi connectivity index (χ1v) is 14.6. The summed E-state index contributed by atoms with van der Waals surface area (Å²) < 4.78 is 12.2. The molecule has 2 aromatic carbocycles. The third kappa shape index (κ3) is 4.51. The summed E-state index contributed by atoms with van der Waals surface area (Å²) in [6.07, 6.45) is 8.59. The maximum atomic E-state index is 14.5. The molecule has 5 atom stereocenters. The van der Waals surface area contributed by atoms with Gasteiger partial charge in [0.05, 0.1) is 24.5 Å². The molecule has 0 bridgehead atoms. The molecule has 2 saturated heterocycles. The second-order valence-electron chi connectivity index (χ2n) is 11.6. The van der Waals surface area contributed by atoms with Crippen LogP contribution < -0.4 is 9.64 Å². The first-order valence-electron chi connectivity index (χ1n) is 14.6. The van der Waals surface area contributed by atoms with Gasteiger partial charge in [0.1, 0.15) is 17.4 Å². The number of methoxy groups -OCH3 is 1. The van der Waals surface area contributed by atoms with Crippen molar-refractivity contribution in [1.82, 2.24) is 9.80 Å². The molecule has 2 fully saturated rings. The van der Waals surface area contributed by atoms with Crippen molar-refractivity contribution in [2.24, 2.45) is 11.8 Å². The fraction of sp³-hybridized carbons (Fsp3) is 0.424. The number of aliphatic hydroxyl groups excluding tert-OH is 1. The van der Waals surface area contributed by atoms with E-state index in [1.165, 1.54) is 0 Å². The van der Waals surface area contributed by atoms with E-state index in [1.54, 1.807) is 33.9 Å². The Morgan fingerprint density at radius 3 is 2.36 bits per heavy atom. The van der Waals surface area contributed by atoms with Crippen LogP contribution in [-0.4, -0.2) is 83.2 Å². The number of ether oxygens (including phenoxy) is 2. The molecule has 4 heterocycles. The van der Waals surface area contributed by atoms with Crippen LogP contribution in [0.2, 0.25) is 0 Å². The predicted octanol–water partition coefficient (Wildman–Crippen LogP) is 2.94. The number of fused-ring (bicyclic) bond motifs is 2. The molecule has 220 valence electrons. The Morgan fingerprint density at radius 1 is 0.905 bits per heavy atom. The number of amides is 3. The summed E-state index contributed by atoms with van der Waals surface area (Å²) in [6, 6.07) is 16.1. The molecular weight excluding hydrogens is 534 g/mol. The van der Waals surface area contributed by atoms with Crippen LogP contribution in [0.1, 0.15) is 25.3 Å². The number of unbranched alkanes of at least 4 members (excludes halogenated alkanes) is 1. The van der Waals surface area contributed by atoms with E-state index in [1.807, 2.05) is 73.7 Å². The normalized spacial score (nSPS) is 30.2. The average molecular weight is 572 g/mol. The monoisotopic (exact) mass is 571 g/mol. The number of hydrogen-bond donors (Lipinski definition) is 1. The Bertz CT molecular complexity index is 1410. The molecule has 0 aromatic heterocycles. The number of carbonyl (C=O) groups is 3. The van der Waals surface area contributed by atoms with E-state index < -0.39 is 29.1 Å². The minimum absolute atomic E-state index is 0.0119. The Kier molecular flexibility index (Phi) is 7.41. The van der Waals surface area contributed by atoms with Crippen LogP contribution in [0.4, 0.5) is 5.69 Å². The molecule has 4 aliphatic heterocycles. The van der Waals surface area contributed by atoms with Crippen molar-refractivity contribution in [3.63, 3.8) is 0 Å². The van der Waals surface area contributed by atoms with Crippen LogP contribution >= 0.6 is 0 Å². The molecule has 2 aromatic rings. The first-order chi connectivity index (χ1) is 20.3. The Labute approximate surface area is 246 Å². The van der Waals surface area contributed by atoms with Gasteiger partial charge in [0.25, 0.3) is 5.91 Å². The summed E-state index contributed by atoms with van der Waals surface area (Å²) in [5.41, 5.74) is -0.711. The second kappa shape index (κ2) is 11.0. The van der Waals surface area contributed by atoms with Crippen LogP contribution in [0.3, 0.4) is 0 Å². The Hall–Kier alpha value is -3.95. The topological polar surface area (TPSA) is 99.6 Å². The lowest BCUT2D eigenvalue weighted by Gasteiger charge is -2.37. The van der Waals surface area contributed by atoms with Gasteiger partial charge in [-0.1, -0.05) is 54.6 Å². The number of hydrogen-bond acceptors (Lipinski definition) is 6. The first kappa shape index (κ1) is 28.2. The maximum Gasteiger partial charge on any atom is 0.253 e. The predicted molar refractivity (Wildman–Crippen MR) is 157 cm³/mol. The third-order valence-corrected chi connectivity index (χ3v) is 9.05. The molecule has 9 nitrogen and oxygen atoms in total. The third-order valence-electron chi connectivity index (χ3n) is 9.05. The molecule has 0 saturated carbocycles. The molecule has 6 rings (SSSR count). The highest BCUT2D eigenvalue weighted by Gasteiger charge is 2.74. The van der Waals surface area contributed by atoms with E-state index in [0.29, 0.717) is 43.9 Å². The SMILES string of the molecule is COc1ccc(N2CC=C[C@]34O[C@]5(C)C=CCN(Cc6ccccc6)C(=O)[C@@H]5[C@H]3C(=O)N(CCCCO)C4C2=O)cc1. The fourth-order valence-electron chi connectivity index (χ4n) is 7.15. The lowest BCUT2D eigenvalue weighted by atomic mass is 9.74. The van der Waals surface area contributed by atoms with Crippen molar-refractivity contribution in [3.05, 3.63) is 84.5 Å². The minimum Gasteiger partial charge on any atom is -0.497 e. The summed E-state index contributed by atoms with van der Waals surface area (Å²) >= 11 is 0. The van der Waals surface area contributed by atoms with Gasteiger partial charge in [-0.3, -0.25) is 14.4 Å². The molecule has 9 heteroatoms. The van der Waals surface area contributed by atoms with Crippen LogP contribution in [0.15, 0.2) is 78.9 Å². The largest absolute Gasteiger partial charge is 0.497 e. The van der Waals surface area contributed by atoms with Gasteiger partial charge < -0.3 is 29.3 Å². The number of rotatable bonds is 8. The lowest BCUT2D eigenvalue weighted by Crippen LogP contribution is -2.56. The number of likely N-dealkylation sites (tertiary alicyclic amines) is 1. The van der Waals surface area contributed by atoms with Crippen LogP contribution in [0.5, 0.6) is 5.75 Å². The van der Waals surface area contributed by atoms with E-state index >= 15 is 0 Å². The van der Waals surface area contributed by atoms with Gasteiger partial charge in [0.2, 0.25) is 11.8 Å². The van der Waals surface area contributed by atoms with Crippen molar-refractivity contribution in [1.29, 1.82) is 0 Å². The molecule has 1 unspecified atom stereocenters. The quantitative estimate of drug-likeness (QED) is 0.387. The van der Waals surface area contributed by atoms with Crippen LogP contribution in [-0.2, 0) is 25.7 Å². The summed E-state index contributed by atoms with van der Waals surface area (Å²) in [4.78, 5) is 48.3. The van der Waals surface area contributed by atoms with Gasteiger partial charge in [-0.25, -0.2) is 0 Å². The van der Waals surface area contributed by atoms with Crippen molar-refractivity contribution in [2.75, 3.05) is 38.3 Å². The molecule has 1 spiro atoms. The van der Waals surface area contributed by atoms with Gasteiger partial charge in [-0.15, -0.1) is 0 Å².